The molecule has 2 N–H and O–H groups in total. The first-order valence-electron chi connectivity index (χ1n) is 7.64. The summed E-state index contributed by atoms with van der Waals surface area (Å²) in [5.74, 6) is -1.25. The highest BCUT2D eigenvalue weighted by Crippen LogP contribution is 2.29. The average molecular weight is 369 g/mol. The summed E-state index contributed by atoms with van der Waals surface area (Å²) in [5.41, 5.74) is -0.749. The largest absolute Gasteiger partial charge is 0.468 e. The minimum absolute atomic E-state index is 0.0911. The Morgan fingerprint density at radius 3 is 2.27 bits per heavy atom. The maximum absolute atomic E-state index is 12.5. The molecule has 0 aliphatic carbocycles. The number of benzene rings is 1. The van der Waals surface area contributed by atoms with E-state index in [0.29, 0.717) is 5.76 Å². The van der Waals surface area contributed by atoms with Crippen molar-refractivity contribution in [3.63, 3.8) is 0 Å². The van der Waals surface area contributed by atoms with Crippen molar-refractivity contribution in [2.75, 3.05) is 26.0 Å². The second-order valence-electron chi connectivity index (χ2n) is 5.73. The van der Waals surface area contributed by atoms with E-state index in [2.05, 4.69) is 10.6 Å². The van der Waals surface area contributed by atoms with Gasteiger partial charge in [0.15, 0.2) is 0 Å². The average Bonchev–Trinajstić information content (AvgIpc) is 3.08. The molecule has 0 spiro atoms. The summed E-state index contributed by atoms with van der Waals surface area (Å²) in [6, 6.07) is 7.01. The smallest absolute Gasteiger partial charge is 0.416 e. The normalized spacial score (nSPS) is 12.7. The first kappa shape index (κ1) is 19.5. The van der Waals surface area contributed by atoms with E-state index >= 15 is 0 Å². The number of anilines is 1. The molecule has 1 heterocycles. The lowest BCUT2D eigenvalue weighted by Gasteiger charge is -2.22. The van der Waals surface area contributed by atoms with Crippen molar-refractivity contribution < 1.29 is 27.2 Å². The van der Waals surface area contributed by atoms with Crippen LogP contribution in [0.3, 0.4) is 0 Å². The molecule has 0 saturated heterocycles. The molecule has 0 saturated carbocycles. The fraction of sp³-hybridized carbons (Fsp3) is 0.294. The van der Waals surface area contributed by atoms with Gasteiger partial charge in [0.25, 0.3) is 0 Å². The number of likely N-dealkylation sites (N-methyl/N-ethyl adjacent to an activating group) is 1. The fourth-order valence-electron chi connectivity index (χ4n) is 2.22. The zero-order valence-electron chi connectivity index (χ0n) is 14.1. The number of hydrogen-bond donors (Lipinski definition) is 2. The number of halogens is 3. The van der Waals surface area contributed by atoms with E-state index in [-0.39, 0.29) is 18.3 Å². The van der Waals surface area contributed by atoms with Crippen molar-refractivity contribution in [2.45, 2.75) is 12.2 Å². The summed E-state index contributed by atoms with van der Waals surface area (Å²) in [6.07, 6.45) is -2.96. The van der Waals surface area contributed by atoms with E-state index in [1.54, 1.807) is 26.2 Å². The zero-order valence-corrected chi connectivity index (χ0v) is 14.1. The quantitative estimate of drug-likeness (QED) is 0.795. The van der Waals surface area contributed by atoms with Crippen LogP contribution in [0.1, 0.15) is 17.4 Å². The topological polar surface area (TPSA) is 74.6 Å². The van der Waals surface area contributed by atoms with Gasteiger partial charge in [0.2, 0.25) is 0 Å². The van der Waals surface area contributed by atoms with Gasteiger partial charge in [-0.1, -0.05) is 0 Å². The predicted octanol–water partition coefficient (Wildman–Crippen LogP) is 2.66. The maximum atomic E-state index is 12.5. The minimum atomic E-state index is -4.47. The number of furan rings is 1. The molecule has 140 valence electrons. The molecule has 9 heteroatoms. The summed E-state index contributed by atoms with van der Waals surface area (Å²) >= 11 is 0. The minimum Gasteiger partial charge on any atom is -0.468 e. The highest BCUT2D eigenvalue weighted by molar-refractivity contribution is 6.39. The van der Waals surface area contributed by atoms with Gasteiger partial charge in [-0.25, -0.2) is 0 Å². The van der Waals surface area contributed by atoms with Crippen LogP contribution in [0.25, 0.3) is 0 Å². The van der Waals surface area contributed by atoms with Crippen molar-refractivity contribution >= 4 is 17.5 Å². The van der Waals surface area contributed by atoms with Gasteiger partial charge in [-0.15, -0.1) is 0 Å². The monoisotopic (exact) mass is 369 g/mol. The van der Waals surface area contributed by atoms with E-state index in [0.717, 1.165) is 24.3 Å². The second kappa shape index (κ2) is 8.05. The number of alkyl halides is 3. The lowest BCUT2D eigenvalue weighted by atomic mass is 10.2. The number of amides is 2. The summed E-state index contributed by atoms with van der Waals surface area (Å²) < 4.78 is 42.8. The molecule has 1 aromatic carbocycles. The summed E-state index contributed by atoms with van der Waals surface area (Å²) in [6.45, 7) is 0.125. The Morgan fingerprint density at radius 2 is 1.77 bits per heavy atom. The number of carbonyl (C=O) groups is 2. The van der Waals surface area contributed by atoms with Gasteiger partial charge >= 0.3 is 18.0 Å². The van der Waals surface area contributed by atoms with Crippen LogP contribution in [-0.2, 0) is 15.8 Å². The molecule has 2 rings (SSSR count). The Balaban J connectivity index is 1.92. The van der Waals surface area contributed by atoms with Crippen molar-refractivity contribution in [1.29, 1.82) is 0 Å². The van der Waals surface area contributed by atoms with E-state index in [1.165, 1.54) is 6.26 Å². The second-order valence-corrected chi connectivity index (χ2v) is 5.73. The van der Waals surface area contributed by atoms with Gasteiger partial charge < -0.3 is 15.1 Å². The summed E-state index contributed by atoms with van der Waals surface area (Å²) in [7, 11) is 3.59. The lowest BCUT2D eigenvalue weighted by molar-refractivity contribution is -0.137. The van der Waals surface area contributed by atoms with Crippen molar-refractivity contribution in [3.05, 3.63) is 54.0 Å². The Kier molecular flexibility index (Phi) is 6.04. The van der Waals surface area contributed by atoms with E-state index in [1.807, 2.05) is 4.90 Å². The van der Waals surface area contributed by atoms with Gasteiger partial charge in [-0.2, -0.15) is 13.2 Å². The number of hydrogen-bond acceptors (Lipinski definition) is 4. The van der Waals surface area contributed by atoms with Crippen LogP contribution in [0, 0.1) is 0 Å². The molecule has 2 amide bonds. The number of nitrogens with zero attached hydrogens (tertiary/aromatic N) is 1. The van der Waals surface area contributed by atoms with Crippen LogP contribution >= 0.6 is 0 Å². The standard InChI is InChI=1S/C17H18F3N3O3/c1-23(2)13(14-4-3-9-26-14)10-21-15(24)16(25)22-12-7-5-11(6-8-12)17(18,19)20/h3-9,13H,10H2,1-2H3,(H,21,24)(H,22,25). The first-order valence-corrected chi connectivity index (χ1v) is 7.64. The van der Waals surface area contributed by atoms with E-state index in [4.69, 9.17) is 4.42 Å². The molecule has 0 bridgehead atoms. The third-order valence-electron chi connectivity index (χ3n) is 3.63. The molecule has 1 unspecified atom stereocenters. The van der Waals surface area contributed by atoms with Crippen molar-refractivity contribution in [1.82, 2.24) is 10.2 Å². The number of nitrogens with one attached hydrogen (secondary N) is 2. The van der Waals surface area contributed by atoms with Crippen LogP contribution in [0.15, 0.2) is 47.1 Å². The SMILES string of the molecule is CN(C)C(CNC(=O)C(=O)Nc1ccc(C(F)(F)F)cc1)c1ccco1. The van der Waals surface area contributed by atoms with E-state index < -0.39 is 23.6 Å². The Hall–Kier alpha value is -2.81. The van der Waals surface area contributed by atoms with Gasteiger partial charge in [0, 0.05) is 12.2 Å². The highest BCUT2D eigenvalue weighted by atomic mass is 19.4. The van der Waals surface area contributed by atoms with Crippen molar-refractivity contribution in [2.24, 2.45) is 0 Å². The third-order valence-corrected chi connectivity index (χ3v) is 3.63. The molecule has 1 atom stereocenters. The predicted molar refractivity (Wildman–Crippen MR) is 88.2 cm³/mol. The molecule has 0 aliphatic heterocycles. The molecular weight excluding hydrogens is 351 g/mol. The zero-order chi connectivity index (χ0) is 19.3. The molecule has 6 nitrogen and oxygen atoms in total. The van der Waals surface area contributed by atoms with Gasteiger partial charge in [0.1, 0.15) is 5.76 Å². The number of carbonyl (C=O) groups excluding carboxylic acids is 2. The molecule has 1 aromatic heterocycles. The Morgan fingerprint density at radius 1 is 1.12 bits per heavy atom. The lowest BCUT2D eigenvalue weighted by Crippen LogP contribution is -2.40. The van der Waals surface area contributed by atoms with E-state index in [9.17, 15) is 22.8 Å². The highest BCUT2D eigenvalue weighted by Gasteiger charge is 2.30. The molecule has 2 aromatic rings. The third kappa shape index (κ3) is 5.09. The van der Waals surface area contributed by atoms with Crippen LogP contribution < -0.4 is 10.6 Å². The van der Waals surface area contributed by atoms with Crippen LogP contribution in [0.4, 0.5) is 18.9 Å². The van der Waals surface area contributed by atoms with Gasteiger partial charge in [0.05, 0.1) is 17.9 Å². The summed E-state index contributed by atoms with van der Waals surface area (Å²) in [4.78, 5) is 25.6. The number of rotatable bonds is 5. The first-order chi connectivity index (χ1) is 12.2. The summed E-state index contributed by atoms with van der Waals surface area (Å²) in [5, 5.41) is 4.73. The molecule has 0 aliphatic rings. The maximum Gasteiger partial charge on any atom is 0.416 e. The molecule has 26 heavy (non-hydrogen) atoms. The Bertz CT molecular complexity index is 741. The van der Waals surface area contributed by atoms with Crippen LogP contribution in [-0.4, -0.2) is 37.4 Å². The van der Waals surface area contributed by atoms with Crippen molar-refractivity contribution in [3.8, 4) is 0 Å². The van der Waals surface area contributed by atoms with Crippen LogP contribution in [0.2, 0.25) is 0 Å². The molecule has 0 fully saturated rings. The van der Waals surface area contributed by atoms with Crippen LogP contribution in [0.5, 0.6) is 0 Å². The fourth-order valence-corrected chi connectivity index (χ4v) is 2.22. The van der Waals surface area contributed by atoms with Gasteiger partial charge in [-0.3, -0.25) is 14.5 Å². The molecule has 0 radical (unpaired) electrons. The Labute approximate surface area is 148 Å². The van der Waals surface area contributed by atoms with Gasteiger partial charge in [-0.05, 0) is 50.5 Å². The molecular formula is C17H18F3N3O3.